The van der Waals surface area contributed by atoms with E-state index < -0.39 is 0 Å². The molecular weight excluding hydrogens is 699 g/mol. The van der Waals surface area contributed by atoms with Gasteiger partial charge in [0.15, 0.2) is 5.82 Å². The van der Waals surface area contributed by atoms with E-state index in [1.807, 2.05) is 11.3 Å². The molecule has 0 saturated heterocycles. The number of para-hydroxylation sites is 1. The molecule has 8 aromatic carbocycles. The van der Waals surface area contributed by atoms with Crippen molar-refractivity contribution in [3.63, 3.8) is 0 Å². The predicted octanol–water partition coefficient (Wildman–Crippen LogP) is 14.3. The molecule has 0 fully saturated rings. The van der Waals surface area contributed by atoms with Gasteiger partial charge in [-0.05, 0) is 64.7 Å². The van der Waals surface area contributed by atoms with Gasteiger partial charge >= 0.3 is 0 Å². The molecule has 0 radical (unpaired) electrons. The van der Waals surface area contributed by atoms with Crippen LogP contribution in [0, 0.1) is 0 Å². The summed E-state index contributed by atoms with van der Waals surface area (Å²) in [6, 6.07) is 71.3. The summed E-state index contributed by atoms with van der Waals surface area (Å²) in [4.78, 5) is 10.8. The fourth-order valence-electron chi connectivity index (χ4n) is 8.21. The maximum Gasteiger partial charge on any atom is 0.161 e. The summed E-state index contributed by atoms with van der Waals surface area (Å²) in [5.41, 5.74) is 12.9. The van der Waals surface area contributed by atoms with Crippen molar-refractivity contribution in [1.29, 1.82) is 0 Å². The zero-order chi connectivity index (χ0) is 37.0. The van der Waals surface area contributed by atoms with Crippen molar-refractivity contribution >= 4 is 53.3 Å². The summed E-state index contributed by atoms with van der Waals surface area (Å²) in [5.74, 6) is 0.696. The van der Waals surface area contributed by atoms with Crippen LogP contribution in [0.25, 0.3) is 104 Å². The van der Waals surface area contributed by atoms with E-state index in [-0.39, 0.29) is 0 Å². The van der Waals surface area contributed by atoms with Crippen LogP contribution in [-0.4, -0.2) is 14.5 Å². The summed E-state index contributed by atoms with van der Waals surface area (Å²) < 4.78 is 5.00. The van der Waals surface area contributed by atoms with E-state index in [2.05, 4.69) is 205 Å². The number of rotatable bonds is 6. The Kier molecular flexibility index (Phi) is 7.68. The molecule has 0 aliphatic heterocycles. The van der Waals surface area contributed by atoms with Gasteiger partial charge in [0.1, 0.15) is 0 Å². The molecule has 4 heteroatoms. The van der Waals surface area contributed by atoms with Crippen molar-refractivity contribution in [2.75, 3.05) is 0 Å². The van der Waals surface area contributed by atoms with Crippen LogP contribution < -0.4 is 0 Å². The van der Waals surface area contributed by atoms with Crippen LogP contribution >= 0.6 is 11.3 Å². The van der Waals surface area contributed by atoms with E-state index in [9.17, 15) is 0 Å². The van der Waals surface area contributed by atoms with Crippen molar-refractivity contribution in [3.05, 3.63) is 200 Å². The molecule has 0 aliphatic carbocycles. The van der Waals surface area contributed by atoms with E-state index in [1.54, 1.807) is 0 Å². The van der Waals surface area contributed by atoms with E-state index in [0.29, 0.717) is 5.82 Å². The van der Waals surface area contributed by atoms with Gasteiger partial charge in [-0.15, -0.1) is 11.3 Å². The third-order valence-corrected chi connectivity index (χ3v) is 12.0. The number of nitrogens with zero attached hydrogens (tertiary/aromatic N) is 3. The van der Waals surface area contributed by atoms with E-state index in [1.165, 1.54) is 42.4 Å². The molecule has 0 spiro atoms. The molecule has 0 unspecified atom stereocenters. The van der Waals surface area contributed by atoms with Crippen LogP contribution in [0.5, 0.6) is 0 Å². The molecule has 0 atom stereocenters. The molecule has 0 bridgehead atoms. The Morgan fingerprint density at radius 2 is 0.893 bits per heavy atom. The second-order valence-electron chi connectivity index (χ2n) is 14.2. The molecule has 262 valence electrons. The zero-order valence-electron chi connectivity index (χ0n) is 30.3. The van der Waals surface area contributed by atoms with Gasteiger partial charge in [0.25, 0.3) is 0 Å². The van der Waals surface area contributed by atoms with Crippen LogP contribution in [0.1, 0.15) is 0 Å². The van der Waals surface area contributed by atoms with Crippen LogP contribution in [0.3, 0.4) is 0 Å². The molecule has 56 heavy (non-hydrogen) atoms. The van der Waals surface area contributed by atoms with E-state index in [0.717, 1.165) is 55.6 Å². The maximum atomic E-state index is 5.41. The minimum atomic E-state index is 0.696. The van der Waals surface area contributed by atoms with Crippen molar-refractivity contribution in [2.24, 2.45) is 0 Å². The number of aromatic nitrogens is 3. The Labute approximate surface area is 328 Å². The van der Waals surface area contributed by atoms with Gasteiger partial charge in [-0.1, -0.05) is 158 Å². The lowest BCUT2D eigenvalue weighted by atomic mass is 9.99. The Morgan fingerprint density at radius 1 is 0.375 bits per heavy atom. The van der Waals surface area contributed by atoms with Crippen molar-refractivity contribution in [2.45, 2.75) is 0 Å². The number of fused-ring (bicyclic) bond motifs is 6. The number of thiophene rings is 1. The minimum absolute atomic E-state index is 0.696. The fraction of sp³-hybridized carbons (Fsp3) is 0. The second-order valence-corrected chi connectivity index (χ2v) is 15.2. The lowest BCUT2D eigenvalue weighted by Crippen LogP contribution is -1.97. The van der Waals surface area contributed by atoms with Gasteiger partial charge in [0.05, 0.1) is 32.8 Å². The Morgan fingerprint density at radius 3 is 1.59 bits per heavy atom. The minimum Gasteiger partial charge on any atom is -0.308 e. The molecule has 11 aromatic rings. The molecule has 3 nitrogen and oxygen atoms in total. The number of benzene rings is 8. The molecule has 0 N–H and O–H groups in total. The lowest BCUT2D eigenvalue weighted by molar-refractivity contribution is 1.18. The van der Waals surface area contributed by atoms with Crippen LogP contribution in [0.2, 0.25) is 0 Å². The first kappa shape index (κ1) is 32.3. The van der Waals surface area contributed by atoms with Crippen molar-refractivity contribution in [1.82, 2.24) is 14.5 Å². The predicted molar refractivity (Wildman–Crippen MR) is 236 cm³/mol. The third kappa shape index (κ3) is 5.42. The summed E-state index contributed by atoms with van der Waals surface area (Å²) >= 11 is 1.86. The van der Waals surface area contributed by atoms with E-state index >= 15 is 0 Å². The summed E-state index contributed by atoms with van der Waals surface area (Å²) in [6.07, 6.45) is 0. The molecule has 3 heterocycles. The molecule has 11 rings (SSSR count). The zero-order valence-corrected chi connectivity index (χ0v) is 31.1. The summed E-state index contributed by atoms with van der Waals surface area (Å²) in [7, 11) is 0. The molecule has 3 aromatic heterocycles. The fourth-order valence-corrected chi connectivity index (χ4v) is 9.42. The molecular formula is C52H33N3S. The van der Waals surface area contributed by atoms with Gasteiger partial charge in [-0.2, -0.15) is 0 Å². The number of hydrogen-bond donors (Lipinski definition) is 0. The van der Waals surface area contributed by atoms with Crippen LogP contribution in [0.4, 0.5) is 0 Å². The largest absolute Gasteiger partial charge is 0.308 e. The first-order chi connectivity index (χ1) is 27.8. The van der Waals surface area contributed by atoms with Crippen molar-refractivity contribution in [3.8, 4) is 61.8 Å². The van der Waals surface area contributed by atoms with Crippen molar-refractivity contribution < 1.29 is 0 Å². The van der Waals surface area contributed by atoms with Gasteiger partial charge < -0.3 is 4.57 Å². The highest BCUT2D eigenvalue weighted by Gasteiger charge is 2.21. The molecule has 0 aliphatic rings. The molecule has 0 amide bonds. The highest BCUT2D eigenvalue weighted by atomic mass is 32.1. The first-order valence-corrected chi connectivity index (χ1v) is 19.7. The van der Waals surface area contributed by atoms with Gasteiger partial charge in [0.2, 0.25) is 0 Å². The maximum absolute atomic E-state index is 5.41. The quantitative estimate of drug-likeness (QED) is 0.170. The first-order valence-electron chi connectivity index (χ1n) is 18.9. The molecule has 0 saturated carbocycles. The highest BCUT2D eigenvalue weighted by molar-refractivity contribution is 7.26. The van der Waals surface area contributed by atoms with Gasteiger partial charge in [0, 0.05) is 42.9 Å². The Hall–Kier alpha value is -7.14. The smallest absolute Gasteiger partial charge is 0.161 e. The van der Waals surface area contributed by atoms with Gasteiger partial charge in [-0.3, -0.25) is 0 Å². The average molecular weight is 732 g/mol. The van der Waals surface area contributed by atoms with Gasteiger partial charge in [-0.25, -0.2) is 9.97 Å². The third-order valence-electron chi connectivity index (χ3n) is 10.8. The van der Waals surface area contributed by atoms with Crippen LogP contribution in [0.15, 0.2) is 200 Å². The highest BCUT2D eigenvalue weighted by Crippen LogP contribution is 2.43. The van der Waals surface area contributed by atoms with Crippen LogP contribution in [-0.2, 0) is 0 Å². The second kappa shape index (κ2) is 13.3. The number of hydrogen-bond acceptors (Lipinski definition) is 3. The lowest BCUT2D eigenvalue weighted by Gasteiger charge is -2.13. The Bertz CT molecular complexity index is 3150. The monoisotopic (exact) mass is 731 g/mol. The SMILES string of the molecule is c1ccc(-c2cccc(-c3cc(-c4cccc(-c5ccccc5)c4)nc(-c4cccc5c4c4ccccc4n5-c4cccc5c4sc4ccccc45)n3)c2)cc1. The Balaban J connectivity index is 1.16. The summed E-state index contributed by atoms with van der Waals surface area (Å²) in [6.45, 7) is 0. The van der Waals surface area contributed by atoms with E-state index in [4.69, 9.17) is 9.97 Å². The normalized spacial score (nSPS) is 11.6. The summed E-state index contributed by atoms with van der Waals surface area (Å²) in [5, 5.41) is 4.88. The average Bonchev–Trinajstić information content (AvgIpc) is 3.83. The standard InChI is InChI=1S/C52H33N3S/c1-3-15-34(16-4-1)36-19-11-21-38(31-36)44-33-45(39-22-12-20-37(32-39)35-17-5-2-6-18-35)54-52(53-44)43-26-14-28-47-50(43)42-24-7-9-27-46(42)55(47)48-29-13-25-41-40-23-8-10-30-49(40)56-51(41)48/h1-33H. The topological polar surface area (TPSA) is 30.7 Å².